The van der Waals surface area contributed by atoms with Gasteiger partial charge in [0.05, 0.1) is 6.04 Å². The molecule has 86 valence electrons. The molecular formula is C10H16N6. The van der Waals surface area contributed by atoms with E-state index in [-0.39, 0.29) is 11.5 Å². The van der Waals surface area contributed by atoms with Crippen LogP contribution in [0.2, 0.25) is 0 Å². The van der Waals surface area contributed by atoms with Crippen LogP contribution in [0.5, 0.6) is 0 Å². The average Bonchev–Trinajstić information content (AvgIpc) is 2.74. The molecule has 2 N–H and O–H groups in total. The standard InChI is InChI=1S/C10H16N6/c1-10(2)4-3-8(7-9(10)13-14-11)16-6-5-12-15-16/h5-7,9,12,15H,3-4H2,1-2H3. The summed E-state index contributed by atoms with van der Waals surface area (Å²) in [6, 6.07) is -0.0861. The highest BCUT2D eigenvalue weighted by atomic mass is 15.7. The monoisotopic (exact) mass is 220 g/mol. The van der Waals surface area contributed by atoms with Crippen molar-refractivity contribution in [3.63, 3.8) is 0 Å². The van der Waals surface area contributed by atoms with Crippen LogP contribution in [-0.4, -0.2) is 11.1 Å². The Morgan fingerprint density at radius 2 is 2.44 bits per heavy atom. The van der Waals surface area contributed by atoms with Gasteiger partial charge in [-0.25, -0.2) is 0 Å². The van der Waals surface area contributed by atoms with Crippen molar-refractivity contribution in [3.05, 3.63) is 34.6 Å². The number of hydrogen-bond donors (Lipinski definition) is 2. The van der Waals surface area contributed by atoms with E-state index in [1.54, 1.807) is 0 Å². The van der Waals surface area contributed by atoms with E-state index in [9.17, 15) is 0 Å². The molecule has 0 amide bonds. The molecule has 2 aliphatic rings. The van der Waals surface area contributed by atoms with Crippen LogP contribution in [0.25, 0.3) is 10.4 Å². The van der Waals surface area contributed by atoms with Gasteiger partial charge in [0.1, 0.15) is 0 Å². The lowest BCUT2D eigenvalue weighted by Crippen LogP contribution is -2.39. The number of rotatable bonds is 2. The van der Waals surface area contributed by atoms with Crippen molar-refractivity contribution in [2.75, 3.05) is 0 Å². The zero-order valence-corrected chi connectivity index (χ0v) is 9.51. The fourth-order valence-electron chi connectivity index (χ4n) is 1.96. The molecule has 1 unspecified atom stereocenters. The molecule has 1 heterocycles. The number of allylic oxidation sites excluding steroid dienone is 1. The quantitative estimate of drug-likeness (QED) is 0.425. The first-order valence-corrected chi connectivity index (χ1v) is 5.35. The van der Waals surface area contributed by atoms with Crippen LogP contribution in [0.15, 0.2) is 29.3 Å². The number of nitrogens with zero attached hydrogens (tertiary/aromatic N) is 4. The lowest BCUT2D eigenvalue weighted by atomic mass is 9.76. The van der Waals surface area contributed by atoms with Crippen molar-refractivity contribution in [2.45, 2.75) is 32.7 Å². The molecule has 0 bridgehead atoms. The summed E-state index contributed by atoms with van der Waals surface area (Å²) in [5, 5.41) is 5.78. The van der Waals surface area contributed by atoms with E-state index < -0.39 is 0 Å². The van der Waals surface area contributed by atoms with Gasteiger partial charge in [-0.05, 0) is 23.8 Å². The van der Waals surface area contributed by atoms with E-state index in [0.29, 0.717) is 0 Å². The fourth-order valence-corrected chi connectivity index (χ4v) is 1.96. The maximum Gasteiger partial charge on any atom is 0.0626 e. The minimum absolute atomic E-state index is 0.0343. The van der Waals surface area contributed by atoms with E-state index >= 15 is 0 Å². The predicted octanol–water partition coefficient (Wildman–Crippen LogP) is 2.17. The largest absolute Gasteiger partial charge is 0.309 e. The third-order valence-electron chi connectivity index (χ3n) is 3.15. The summed E-state index contributed by atoms with van der Waals surface area (Å²) in [6.07, 6.45) is 7.76. The van der Waals surface area contributed by atoms with E-state index in [2.05, 4.69) is 34.8 Å². The molecule has 1 atom stereocenters. The summed E-state index contributed by atoms with van der Waals surface area (Å²) >= 11 is 0. The summed E-state index contributed by atoms with van der Waals surface area (Å²) in [5.41, 5.74) is 15.6. The summed E-state index contributed by atoms with van der Waals surface area (Å²) in [5.74, 6) is 0. The predicted molar refractivity (Wildman–Crippen MR) is 61.3 cm³/mol. The van der Waals surface area contributed by atoms with Gasteiger partial charge in [-0.3, -0.25) is 5.01 Å². The van der Waals surface area contributed by atoms with Crippen molar-refractivity contribution >= 4 is 0 Å². The van der Waals surface area contributed by atoms with Crippen molar-refractivity contribution < 1.29 is 0 Å². The lowest BCUT2D eigenvalue weighted by molar-refractivity contribution is 0.241. The smallest absolute Gasteiger partial charge is 0.0626 e. The molecule has 0 saturated heterocycles. The SMILES string of the molecule is CC1(C)CCC(N2C=CNN2)=CC1N=[N+]=[N-]. The lowest BCUT2D eigenvalue weighted by Gasteiger charge is -2.36. The summed E-state index contributed by atoms with van der Waals surface area (Å²) in [6.45, 7) is 4.26. The molecule has 1 aliphatic carbocycles. The average molecular weight is 220 g/mol. The second-order valence-corrected chi connectivity index (χ2v) is 4.74. The Morgan fingerprint density at radius 1 is 1.62 bits per heavy atom. The van der Waals surface area contributed by atoms with Crippen LogP contribution in [-0.2, 0) is 0 Å². The fraction of sp³-hybridized carbons (Fsp3) is 0.600. The van der Waals surface area contributed by atoms with Crippen LogP contribution in [0, 0.1) is 5.41 Å². The Balaban J connectivity index is 2.22. The highest BCUT2D eigenvalue weighted by Crippen LogP contribution is 2.37. The third-order valence-corrected chi connectivity index (χ3v) is 3.15. The normalized spacial score (nSPS) is 27.0. The van der Waals surface area contributed by atoms with Gasteiger partial charge in [0, 0.05) is 23.0 Å². The molecule has 6 heteroatoms. The second-order valence-electron chi connectivity index (χ2n) is 4.74. The molecule has 0 fully saturated rings. The van der Waals surface area contributed by atoms with Gasteiger partial charge in [-0.1, -0.05) is 25.0 Å². The summed E-state index contributed by atoms with van der Waals surface area (Å²) in [4.78, 5) is 2.92. The topological polar surface area (TPSA) is 76.1 Å². The van der Waals surface area contributed by atoms with Crippen molar-refractivity contribution in [1.29, 1.82) is 0 Å². The number of nitrogens with one attached hydrogen (secondary N) is 2. The maximum atomic E-state index is 8.58. The summed E-state index contributed by atoms with van der Waals surface area (Å²) < 4.78 is 0. The van der Waals surface area contributed by atoms with E-state index in [4.69, 9.17) is 5.53 Å². The van der Waals surface area contributed by atoms with Crippen molar-refractivity contribution in [3.8, 4) is 0 Å². The highest BCUT2D eigenvalue weighted by Gasteiger charge is 2.32. The van der Waals surface area contributed by atoms with Crippen LogP contribution in [0.3, 0.4) is 0 Å². The second kappa shape index (κ2) is 4.08. The van der Waals surface area contributed by atoms with E-state index in [1.807, 2.05) is 23.5 Å². The third kappa shape index (κ3) is 1.98. The molecule has 1 aliphatic heterocycles. The van der Waals surface area contributed by atoms with E-state index in [1.165, 1.54) is 0 Å². The van der Waals surface area contributed by atoms with Gasteiger partial charge in [0.2, 0.25) is 0 Å². The molecule has 6 nitrogen and oxygen atoms in total. The number of azide groups is 1. The van der Waals surface area contributed by atoms with Crippen LogP contribution in [0.4, 0.5) is 0 Å². The van der Waals surface area contributed by atoms with Crippen LogP contribution in [0.1, 0.15) is 26.7 Å². The van der Waals surface area contributed by atoms with Gasteiger partial charge in [0.25, 0.3) is 0 Å². The molecular weight excluding hydrogens is 204 g/mol. The first kappa shape index (κ1) is 10.9. The number of hydrazine groups is 2. The minimum atomic E-state index is -0.0861. The molecule has 0 aromatic carbocycles. The Bertz CT molecular complexity index is 377. The Hall–Kier alpha value is -1.65. The summed E-state index contributed by atoms with van der Waals surface area (Å²) in [7, 11) is 0. The van der Waals surface area contributed by atoms with Crippen LogP contribution >= 0.6 is 0 Å². The molecule has 2 rings (SSSR count). The first-order chi connectivity index (χ1) is 7.63. The Kier molecular flexibility index (Phi) is 2.77. The van der Waals surface area contributed by atoms with Crippen molar-refractivity contribution in [2.24, 2.45) is 10.5 Å². The zero-order chi connectivity index (χ0) is 11.6. The van der Waals surface area contributed by atoms with Crippen molar-refractivity contribution in [1.82, 2.24) is 16.0 Å². The van der Waals surface area contributed by atoms with Crippen LogP contribution < -0.4 is 11.0 Å². The van der Waals surface area contributed by atoms with Gasteiger partial charge in [0.15, 0.2) is 0 Å². The first-order valence-electron chi connectivity index (χ1n) is 5.35. The van der Waals surface area contributed by atoms with Gasteiger partial charge in [-0.2, -0.15) is 0 Å². The molecule has 0 aromatic rings. The van der Waals surface area contributed by atoms with Gasteiger partial charge in [-0.15, -0.1) is 5.53 Å². The van der Waals surface area contributed by atoms with E-state index in [0.717, 1.165) is 18.5 Å². The van der Waals surface area contributed by atoms with Gasteiger partial charge < -0.3 is 5.43 Å². The molecule has 0 spiro atoms. The molecule has 16 heavy (non-hydrogen) atoms. The molecule has 0 radical (unpaired) electrons. The highest BCUT2D eigenvalue weighted by molar-refractivity contribution is 5.17. The maximum absolute atomic E-state index is 8.58. The Labute approximate surface area is 94.6 Å². The Morgan fingerprint density at radius 3 is 3.06 bits per heavy atom. The number of hydrogen-bond acceptors (Lipinski definition) is 4. The zero-order valence-electron chi connectivity index (χ0n) is 9.51. The van der Waals surface area contributed by atoms with Gasteiger partial charge >= 0.3 is 0 Å². The molecule has 0 aromatic heterocycles. The minimum Gasteiger partial charge on any atom is -0.309 e. The molecule has 0 saturated carbocycles.